The van der Waals surface area contributed by atoms with Crippen molar-refractivity contribution in [3.8, 4) is 67.9 Å². The molecule has 9 aromatic rings. The van der Waals surface area contributed by atoms with Crippen molar-refractivity contribution in [3.05, 3.63) is 164 Å². The largest absolute Gasteiger partial charge is 0.227 e. The van der Waals surface area contributed by atoms with Crippen molar-refractivity contribution in [3.63, 3.8) is 0 Å². The van der Waals surface area contributed by atoms with E-state index in [0.717, 1.165) is 60.2 Å². The van der Waals surface area contributed by atoms with E-state index in [2.05, 4.69) is 97.1 Å². The van der Waals surface area contributed by atoms with Crippen LogP contribution >= 0.6 is 11.3 Å². The van der Waals surface area contributed by atoms with E-state index in [4.69, 9.17) is 24.9 Å². The Morgan fingerprint density at radius 2 is 0.796 bits per heavy atom. The van der Waals surface area contributed by atoms with Crippen LogP contribution < -0.4 is 0 Å². The van der Waals surface area contributed by atoms with E-state index in [1.807, 2.05) is 66.7 Å². The van der Waals surface area contributed by atoms with E-state index < -0.39 is 0 Å². The van der Waals surface area contributed by atoms with Gasteiger partial charge in [-0.05, 0) is 23.3 Å². The van der Waals surface area contributed by atoms with Crippen molar-refractivity contribution in [2.75, 3.05) is 0 Å². The zero-order chi connectivity index (χ0) is 32.6. The van der Waals surface area contributed by atoms with Gasteiger partial charge in [0.1, 0.15) is 4.83 Å². The van der Waals surface area contributed by atoms with Crippen molar-refractivity contribution < 1.29 is 0 Å². The van der Waals surface area contributed by atoms with Crippen LogP contribution in [0.5, 0.6) is 0 Å². The van der Waals surface area contributed by atoms with Crippen molar-refractivity contribution in [1.82, 2.24) is 24.9 Å². The van der Waals surface area contributed by atoms with Crippen LogP contribution in [0.15, 0.2) is 164 Å². The molecule has 0 fully saturated rings. The maximum Gasteiger partial charge on any atom is 0.164 e. The van der Waals surface area contributed by atoms with Crippen LogP contribution in [0.25, 0.3) is 88.2 Å². The quantitative estimate of drug-likeness (QED) is 0.180. The van der Waals surface area contributed by atoms with Gasteiger partial charge in [0, 0.05) is 43.3 Å². The van der Waals surface area contributed by atoms with Gasteiger partial charge in [-0.2, -0.15) is 0 Å². The van der Waals surface area contributed by atoms with Crippen molar-refractivity contribution in [2.24, 2.45) is 0 Å². The van der Waals surface area contributed by atoms with Gasteiger partial charge in [-0.1, -0.05) is 152 Å². The number of thiophene rings is 1. The van der Waals surface area contributed by atoms with Gasteiger partial charge in [-0.3, -0.25) is 0 Å². The minimum Gasteiger partial charge on any atom is -0.227 e. The average Bonchev–Trinajstić information content (AvgIpc) is 3.57. The summed E-state index contributed by atoms with van der Waals surface area (Å²) in [6, 6.07) is 55.8. The summed E-state index contributed by atoms with van der Waals surface area (Å²) in [6.07, 6.45) is 0. The zero-order valence-corrected chi connectivity index (χ0v) is 27.0. The molecule has 0 saturated carbocycles. The van der Waals surface area contributed by atoms with Gasteiger partial charge in [0.2, 0.25) is 0 Å². The molecule has 0 radical (unpaired) electrons. The predicted octanol–water partition coefficient (Wildman–Crippen LogP) is 11.0. The van der Waals surface area contributed by atoms with E-state index in [1.54, 1.807) is 11.3 Å². The lowest BCUT2D eigenvalue weighted by atomic mass is 10.0. The fourth-order valence-electron chi connectivity index (χ4n) is 6.14. The third-order valence-electron chi connectivity index (χ3n) is 8.58. The van der Waals surface area contributed by atoms with Crippen LogP contribution in [0.3, 0.4) is 0 Å². The molecule has 0 spiro atoms. The van der Waals surface area contributed by atoms with Crippen LogP contribution in [0.2, 0.25) is 0 Å². The summed E-state index contributed by atoms with van der Waals surface area (Å²) >= 11 is 1.70. The highest BCUT2D eigenvalue weighted by Gasteiger charge is 2.18. The molecule has 6 aromatic carbocycles. The van der Waals surface area contributed by atoms with E-state index >= 15 is 0 Å². The van der Waals surface area contributed by atoms with E-state index in [9.17, 15) is 0 Å². The number of nitrogens with zero attached hydrogens (tertiary/aromatic N) is 5. The molecule has 0 N–H and O–H groups in total. The summed E-state index contributed by atoms with van der Waals surface area (Å²) in [5.74, 6) is 2.59. The van der Waals surface area contributed by atoms with Crippen LogP contribution in [0, 0.1) is 0 Å². The van der Waals surface area contributed by atoms with Gasteiger partial charge in [0.05, 0.1) is 5.69 Å². The number of rotatable bonds is 6. The molecule has 0 aliphatic heterocycles. The summed E-state index contributed by atoms with van der Waals surface area (Å²) in [5.41, 5.74) is 7.95. The highest BCUT2D eigenvalue weighted by molar-refractivity contribution is 7.25. The molecule has 5 nitrogen and oxygen atoms in total. The fraction of sp³-hybridized carbons (Fsp3) is 0. The molecule has 0 unspecified atom stereocenters. The first-order valence-electron chi connectivity index (χ1n) is 16.1. The third-order valence-corrected chi connectivity index (χ3v) is 9.65. The molecular weight excluding hydrogens is 619 g/mol. The van der Waals surface area contributed by atoms with E-state index in [1.165, 1.54) is 4.70 Å². The molecule has 0 atom stereocenters. The first-order chi connectivity index (χ1) is 24.3. The Hall–Kier alpha value is -6.37. The molecule has 0 aliphatic rings. The molecule has 230 valence electrons. The number of aromatic nitrogens is 5. The van der Waals surface area contributed by atoms with Gasteiger partial charge in [0.25, 0.3) is 0 Å². The summed E-state index contributed by atoms with van der Waals surface area (Å²) in [4.78, 5) is 26.1. The lowest BCUT2D eigenvalue weighted by molar-refractivity contribution is 1.07. The molecule has 3 aromatic heterocycles. The Balaban J connectivity index is 1.18. The van der Waals surface area contributed by atoms with Gasteiger partial charge in [-0.15, -0.1) is 11.3 Å². The average molecular weight is 646 g/mol. The summed E-state index contributed by atoms with van der Waals surface area (Å²) in [6.45, 7) is 0. The number of hydrogen-bond acceptors (Lipinski definition) is 6. The summed E-state index contributed by atoms with van der Waals surface area (Å²) < 4.78 is 1.19. The van der Waals surface area contributed by atoms with E-state index in [0.29, 0.717) is 23.3 Å². The van der Waals surface area contributed by atoms with Crippen LogP contribution in [-0.4, -0.2) is 24.9 Å². The second-order valence-electron chi connectivity index (χ2n) is 11.7. The van der Waals surface area contributed by atoms with Crippen LogP contribution in [-0.2, 0) is 0 Å². The van der Waals surface area contributed by atoms with Gasteiger partial charge in [0.15, 0.2) is 23.3 Å². The molecular formula is C43H27N5S. The first kappa shape index (κ1) is 28.8. The normalized spacial score (nSPS) is 11.3. The molecule has 0 aliphatic carbocycles. The molecule has 6 heteroatoms. The van der Waals surface area contributed by atoms with Crippen LogP contribution in [0.1, 0.15) is 0 Å². The first-order valence-corrected chi connectivity index (χ1v) is 16.9. The van der Waals surface area contributed by atoms with E-state index in [-0.39, 0.29) is 0 Å². The highest BCUT2D eigenvalue weighted by atomic mass is 32.1. The Kier molecular flexibility index (Phi) is 7.26. The SMILES string of the molecule is c1ccc(-c2cccc(-c3nc(-c4ccc(-c5nc(-c6ccccc6)nc(-c6ccccc6)n5)cc4)c4c(n3)sc3ccccc34)c2)cc1. The number of benzene rings is 6. The molecule has 3 heterocycles. The Labute approximate surface area is 287 Å². The zero-order valence-electron chi connectivity index (χ0n) is 26.2. The van der Waals surface area contributed by atoms with Crippen molar-refractivity contribution in [2.45, 2.75) is 0 Å². The molecule has 0 bridgehead atoms. The molecule has 9 rings (SSSR count). The Morgan fingerprint density at radius 1 is 0.327 bits per heavy atom. The Bertz CT molecular complexity index is 2530. The topological polar surface area (TPSA) is 64.5 Å². The highest BCUT2D eigenvalue weighted by Crippen LogP contribution is 2.40. The predicted molar refractivity (Wildman–Crippen MR) is 201 cm³/mol. The molecule has 0 amide bonds. The fourth-order valence-corrected chi connectivity index (χ4v) is 7.22. The number of fused-ring (bicyclic) bond motifs is 3. The second-order valence-corrected chi connectivity index (χ2v) is 12.8. The number of hydrogen-bond donors (Lipinski definition) is 0. The van der Waals surface area contributed by atoms with Crippen molar-refractivity contribution in [1.29, 1.82) is 0 Å². The second kappa shape index (κ2) is 12.3. The van der Waals surface area contributed by atoms with Crippen LogP contribution in [0.4, 0.5) is 0 Å². The van der Waals surface area contributed by atoms with Gasteiger partial charge < -0.3 is 0 Å². The summed E-state index contributed by atoms with van der Waals surface area (Å²) in [5, 5.41) is 2.22. The standard InChI is InChI=1S/C43H27N5S/c1-4-13-28(14-5-1)33-19-12-20-34(27-33)42-44-38(37-35-21-10-11-22-36(35)49-43(37)48-42)29-23-25-32(26-24-29)41-46-39(30-15-6-2-7-16-30)45-40(47-41)31-17-8-3-9-18-31/h1-27H. The smallest absolute Gasteiger partial charge is 0.164 e. The minimum absolute atomic E-state index is 0.617. The lowest BCUT2D eigenvalue weighted by Gasteiger charge is -2.11. The lowest BCUT2D eigenvalue weighted by Crippen LogP contribution is -2.00. The Morgan fingerprint density at radius 3 is 1.43 bits per heavy atom. The maximum absolute atomic E-state index is 5.26. The summed E-state index contributed by atoms with van der Waals surface area (Å²) in [7, 11) is 0. The minimum atomic E-state index is 0.617. The molecule has 49 heavy (non-hydrogen) atoms. The third kappa shape index (κ3) is 5.54. The monoisotopic (exact) mass is 645 g/mol. The molecule has 0 saturated heterocycles. The van der Waals surface area contributed by atoms with Gasteiger partial charge >= 0.3 is 0 Å². The van der Waals surface area contributed by atoms with Gasteiger partial charge in [-0.25, -0.2) is 24.9 Å². The van der Waals surface area contributed by atoms with Crippen molar-refractivity contribution >= 4 is 31.6 Å². The maximum atomic E-state index is 5.26.